The standard InChI is InChI=1S/C7H10O5/c1-4(5(8)9)3-7(2,12)6(10)11/h12H,1,3H2,2H3,(H,8,9)(H,10,11). The van der Waals surface area contributed by atoms with Gasteiger partial charge in [-0.3, -0.25) is 0 Å². The van der Waals surface area contributed by atoms with Crippen LogP contribution in [0.4, 0.5) is 0 Å². The van der Waals surface area contributed by atoms with Crippen molar-refractivity contribution in [3.8, 4) is 0 Å². The van der Waals surface area contributed by atoms with Crippen LogP contribution in [-0.2, 0) is 9.59 Å². The normalized spacial score (nSPS) is 14.8. The third kappa shape index (κ3) is 2.71. The first-order valence-electron chi connectivity index (χ1n) is 3.14. The highest BCUT2D eigenvalue weighted by Gasteiger charge is 2.31. The minimum atomic E-state index is -2.06. The Morgan fingerprint density at radius 3 is 2.08 bits per heavy atom. The Morgan fingerprint density at radius 1 is 1.42 bits per heavy atom. The summed E-state index contributed by atoms with van der Waals surface area (Å²) in [5.74, 6) is -2.78. The van der Waals surface area contributed by atoms with Crippen molar-refractivity contribution in [2.75, 3.05) is 0 Å². The Morgan fingerprint density at radius 2 is 1.83 bits per heavy atom. The molecule has 5 heteroatoms. The first-order valence-corrected chi connectivity index (χ1v) is 3.14. The molecule has 0 saturated heterocycles. The van der Waals surface area contributed by atoms with Gasteiger partial charge in [0.2, 0.25) is 0 Å². The summed E-state index contributed by atoms with van der Waals surface area (Å²) in [6.07, 6.45) is -0.488. The fraction of sp³-hybridized carbons (Fsp3) is 0.429. The van der Waals surface area contributed by atoms with Gasteiger partial charge in [-0.1, -0.05) is 6.58 Å². The van der Waals surface area contributed by atoms with Crippen LogP contribution in [0.2, 0.25) is 0 Å². The lowest BCUT2D eigenvalue weighted by atomic mass is 9.98. The van der Waals surface area contributed by atoms with E-state index >= 15 is 0 Å². The molecule has 0 bridgehead atoms. The van der Waals surface area contributed by atoms with Crippen LogP contribution >= 0.6 is 0 Å². The molecule has 5 nitrogen and oxygen atoms in total. The lowest BCUT2D eigenvalue weighted by Gasteiger charge is -2.16. The van der Waals surface area contributed by atoms with E-state index in [0.29, 0.717) is 0 Å². The molecule has 0 heterocycles. The zero-order valence-corrected chi connectivity index (χ0v) is 6.57. The first kappa shape index (κ1) is 10.6. The minimum Gasteiger partial charge on any atom is -0.479 e. The van der Waals surface area contributed by atoms with Gasteiger partial charge in [0.15, 0.2) is 5.60 Å². The Bertz CT molecular complexity index is 228. The molecule has 0 spiro atoms. The van der Waals surface area contributed by atoms with Gasteiger partial charge in [-0.25, -0.2) is 9.59 Å². The number of carboxylic acids is 2. The van der Waals surface area contributed by atoms with E-state index in [2.05, 4.69) is 6.58 Å². The summed E-state index contributed by atoms with van der Waals surface area (Å²) in [6.45, 7) is 4.12. The summed E-state index contributed by atoms with van der Waals surface area (Å²) in [5.41, 5.74) is -2.39. The molecule has 0 aliphatic heterocycles. The van der Waals surface area contributed by atoms with Crippen LogP contribution in [0.5, 0.6) is 0 Å². The van der Waals surface area contributed by atoms with Crippen molar-refractivity contribution in [2.24, 2.45) is 0 Å². The Balaban J connectivity index is 4.35. The van der Waals surface area contributed by atoms with Crippen LogP contribution in [0.1, 0.15) is 13.3 Å². The van der Waals surface area contributed by atoms with Crippen LogP contribution in [0, 0.1) is 0 Å². The fourth-order valence-corrected chi connectivity index (χ4v) is 0.567. The summed E-state index contributed by atoms with van der Waals surface area (Å²) < 4.78 is 0. The summed E-state index contributed by atoms with van der Waals surface area (Å²) in [4.78, 5) is 20.5. The van der Waals surface area contributed by atoms with Crippen LogP contribution in [0.25, 0.3) is 0 Å². The van der Waals surface area contributed by atoms with Crippen LogP contribution < -0.4 is 0 Å². The maximum atomic E-state index is 10.3. The molecule has 1 unspecified atom stereocenters. The smallest absolute Gasteiger partial charge is 0.335 e. The van der Waals surface area contributed by atoms with Crippen LogP contribution in [0.15, 0.2) is 12.2 Å². The Labute approximate surface area is 68.9 Å². The van der Waals surface area contributed by atoms with Crippen LogP contribution in [0.3, 0.4) is 0 Å². The number of hydrogen-bond acceptors (Lipinski definition) is 3. The van der Waals surface area contributed by atoms with E-state index in [-0.39, 0.29) is 5.57 Å². The molecule has 3 N–H and O–H groups in total. The highest BCUT2D eigenvalue weighted by molar-refractivity contribution is 5.88. The summed E-state index contributed by atoms with van der Waals surface area (Å²) in [5, 5.41) is 25.8. The van der Waals surface area contributed by atoms with Gasteiger partial charge in [-0.15, -0.1) is 0 Å². The van der Waals surface area contributed by atoms with Gasteiger partial charge >= 0.3 is 11.9 Å². The van der Waals surface area contributed by atoms with E-state index in [4.69, 9.17) is 15.3 Å². The van der Waals surface area contributed by atoms with E-state index in [1.807, 2.05) is 0 Å². The van der Waals surface area contributed by atoms with E-state index in [1.165, 1.54) is 0 Å². The lowest BCUT2D eigenvalue weighted by molar-refractivity contribution is -0.156. The van der Waals surface area contributed by atoms with Crippen molar-refractivity contribution in [3.05, 3.63) is 12.2 Å². The molecule has 0 saturated carbocycles. The number of aliphatic hydroxyl groups is 1. The highest BCUT2D eigenvalue weighted by Crippen LogP contribution is 2.15. The monoisotopic (exact) mass is 174 g/mol. The first-order chi connectivity index (χ1) is 5.27. The number of rotatable bonds is 4. The second kappa shape index (κ2) is 3.36. The van der Waals surface area contributed by atoms with Crippen molar-refractivity contribution in [1.82, 2.24) is 0 Å². The van der Waals surface area contributed by atoms with Gasteiger partial charge in [0.1, 0.15) is 0 Å². The van der Waals surface area contributed by atoms with Gasteiger partial charge in [0.25, 0.3) is 0 Å². The molecule has 0 aromatic carbocycles. The molecule has 0 radical (unpaired) electrons. The zero-order chi connectivity index (χ0) is 9.94. The van der Waals surface area contributed by atoms with Gasteiger partial charge < -0.3 is 15.3 Å². The maximum absolute atomic E-state index is 10.3. The van der Waals surface area contributed by atoms with E-state index in [9.17, 15) is 9.59 Å². The summed E-state index contributed by atoms with van der Waals surface area (Å²) in [6, 6.07) is 0. The quantitative estimate of drug-likeness (QED) is 0.515. The van der Waals surface area contributed by atoms with Crippen molar-refractivity contribution < 1.29 is 24.9 Å². The molecular formula is C7H10O5. The SMILES string of the molecule is C=C(CC(C)(O)C(=O)O)C(=O)O. The molecule has 0 amide bonds. The molecule has 0 fully saturated rings. The zero-order valence-electron chi connectivity index (χ0n) is 6.57. The molecule has 0 rings (SSSR count). The van der Waals surface area contributed by atoms with E-state index in [0.717, 1.165) is 6.92 Å². The molecule has 0 aliphatic carbocycles. The largest absolute Gasteiger partial charge is 0.479 e. The molecule has 12 heavy (non-hydrogen) atoms. The van der Waals surface area contributed by atoms with E-state index < -0.39 is 24.0 Å². The van der Waals surface area contributed by atoms with Gasteiger partial charge in [0.05, 0.1) is 0 Å². The highest BCUT2D eigenvalue weighted by atomic mass is 16.4. The third-order valence-corrected chi connectivity index (χ3v) is 1.32. The maximum Gasteiger partial charge on any atom is 0.335 e. The number of carboxylic acid groups (broad SMARTS) is 2. The summed E-state index contributed by atoms with van der Waals surface area (Å²) in [7, 11) is 0. The minimum absolute atomic E-state index is 0.331. The molecule has 68 valence electrons. The average Bonchev–Trinajstić information content (AvgIpc) is 1.85. The fourth-order valence-electron chi connectivity index (χ4n) is 0.567. The topological polar surface area (TPSA) is 94.8 Å². The molecular weight excluding hydrogens is 164 g/mol. The van der Waals surface area contributed by atoms with Gasteiger partial charge in [-0.2, -0.15) is 0 Å². The number of carbonyl (C=O) groups is 2. The predicted molar refractivity (Wildman–Crippen MR) is 39.7 cm³/mol. The number of hydrogen-bond donors (Lipinski definition) is 3. The second-order valence-corrected chi connectivity index (χ2v) is 2.66. The third-order valence-electron chi connectivity index (χ3n) is 1.32. The van der Waals surface area contributed by atoms with E-state index in [1.54, 1.807) is 0 Å². The Kier molecular flexibility index (Phi) is 2.98. The average molecular weight is 174 g/mol. The van der Waals surface area contributed by atoms with Crippen molar-refractivity contribution in [3.63, 3.8) is 0 Å². The van der Waals surface area contributed by atoms with Gasteiger partial charge in [-0.05, 0) is 6.92 Å². The lowest BCUT2D eigenvalue weighted by Crippen LogP contribution is -2.35. The molecule has 1 atom stereocenters. The predicted octanol–water partition coefficient (Wildman–Crippen LogP) is -0.147. The van der Waals surface area contributed by atoms with Crippen molar-refractivity contribution in [2.45, 2.75) is 18.9 Å². The van der Waals surface area contributed by atoms with Crippen LogP contribution in [-0.4, -0.2) is 32.9 Å². The number of aliphatic carboxylic acids is 2. The molecule has 0 aromatic rings. The van der Waals surface area contributed by atoms with Crippen molar-refractivity contribution in [1.29, 1.82) is 0 Å². The van der Waals surface area contributed by atoms with Gasteiger partial charge in [0, 0.05) is 12.0 Å². The van der Waals surface area contributed by atoms with Crippen molar-refractivity contribution >= 4 is 11.9 Å². The molecule has 0 aromatic heterocycles. The second-order valence-electron chi connectivity index (χ2n) is 2.66. The molecule has 0 aliphatic rings. The Hall–Kier alpha value is -1.36. The summed E-state index contributed by atoms with van der Waals surface area (Å²) >= 11 is 0.